The molecule has 0 spiro atoms. The molecular formula is C23H22BrNO2. The van der Waals surface area contributed by atoms with Crippen molar-refractivity contribution in [2.75, 3.05) is 13.1 Å². The summed E-state index contributed by atoms with van der Waals surface area (Å²) in [5.74, 6) is -0.987. The molecular weight excluding hydrogens is 402 g/mol. The number of hydrogen-bond donors (Lipinski definition) is 1. The van der Waals surface area contributed by atoms with E-state index in [9.17, 15) is 9.90 Å². The van der Waals surface area contributed by atoms with Gasteiger partial charge in [0, 0.05) is 11.0 Å². The highest BCUT2D eigenvalue weighted by atomic mass is 79.9. The van der Waals surface area contributed by atoms with Crippen molar-refractivity contribution < 1.29 is 9.90 Å². The molecule has 1 fully saturated rings. The van der Waals surface area contributed by atoms with E-state index in [1.807, 2.05) is 0 Å². The zero-order valence-electron chi connectivity index (χ0n) is 15.0. The number of halogens is 1. The second-order valence-corrected chi connectivity index (χ2v) is 8.11. The van der Waals surface area contributed by atoms with E-state index in [1.54, 1.807) is 0 Å². The Balaban J connectivity index is 1.83. The quantitative estimate of drug-likeness (QED) is 0.602. The summed E-state index contributed by atoms with van der Waals surface area (Å²) in [5.41, 5.74) is 2.43. The summed E-state index contributed by atoms with van der Waals surface area (Å²) < 4.78 is 1.05. The number of fused-ring (bicyclic) bond motifs is 1. The highest BCUT2D eigenvalue weighted by Crippen LogP contribution is 2.36. The molecule has 1 aliphatic heterocycles. The Bertz CT molecular complexity index is 949. The number of aliphatic carboxylic acids is 1. The van der Waals surface area contributed by atoms with Gasteiger partial charge in [0.05, 0.1) is 12.0 Å². The average Bonchev–Trinajstić information content (AvgIpc) is 2.70. The van der Waals surface area contributed by atoms with Gasteiger partial charge in [-0.1, -0.05) is 70.5 Å². The molecule has 1 N–H and O–H groups in total. The molecule has 1 aliphatic rings. The van der Waals surface area contributed by atoms with Gasteiger partial charge in [-0.05, 0) is 53.4 Å². The molecule has 4 heteroatoms. The molecule has 1 saturated heterocycles. The maximum atomic E-state index is 11.6. The summed E-state index contributed by atoms with van der Waals surface area (Å²) in [4.78, 5) is 14.0. The lowest BCUT2D eigenvalue weighted by Gasteiger charge is -2.38. The third-order valence-electron chi connectivity index (χ3n) is 5.47. The van der Waals surface area contributed by atoms with Crippen molar-refractivity contribution in [2.24, 2.45) is 5.92 Å². The summed E-state index contributed by atoms with van der Waals surface area (Å²) in [7, 11) is 0. The molecule has 3 nitrogen and oxygen atoms in total. The summed E-state index contributed by atoms with van der Waals surface area (Å²) in [6.07, 6.45) is 1.67. The lowest BCUT2D eigenvalue weighted by atomic mass is 9.89. The van der Waals surface area contributed by atoms with Crippen LogP contribution >= 0.6 is 15.9 Å². The Hall–Kier alpha value is -2.17. The Morgan fingerprint density at radius 3 is 2.56 bits per heavy atom. The van der Waals surface area contributed by atoms with Crippen molar-refractivity contribution in [3.63, 3.8) is 0 Å². The van der Waals surface area contributed by atoms with Crippen LogP contribution in [0.3, 0.4) is 0 Å². The van der Waals surface area contributed by atoms with Crippen LogP contribution in [0.1, 0.15) is 30.0 Å². The summed E-state index contributed by atoms with van der Waals surface area (Å²) >= 11 is 3.52. The first-order valence-corrected chi connectivity index (χ1v) is 10.1. The van der Waals surface area contributed by atoms with Crippen molar-refractivity contribution >= 4 is 32.7 Å². The highest BCUT2D eigenvalue weighted by molar-refractivity contribution is 9.10. The summed E-state index contributed by atoms with van der Waals surface area (Å²) in [6, 6.07) is 23.3. The number of carboxylic acid groups (broad SMARTS) is 1. The molecule has 27 heavy (non-hydrogen) atoms. The second kappa shape index (κ2) is 7.83. The third-order valence-corrected chi connectivity index (χ3v) is 6.00. The summed E-state index contributed by atoms with van der Waals surface area (Å²) in [6.45, 7) is 1.49. The lowest BCUT2D eigenvalue weighted by molar-refractivity contribution is -0.143. The number of likely N-dealkylation sites (tertiary alicyclic amines) is 1. The molecule has 0 saturated carbocycles. The minimum atomic E-state index is -0.688. The molecule has 0 aliphatic carbocycles. The first-order chi connectivity index (χ1) is 13.1. The van der Waals surface area contributed by atoms with Crippen LogP contribution in [-0.4, -0.2) is 29.1 Å². The molecule has 2 atom stereocenters. The fourth-order valence-corrected chi connectivity index (χ4v) is 4.43. The molecule has 1 heterocycles. The third kappa shape index (κ3) is 3.78. The molecule has 4 rings (SSSR count). The van der Waals surface area contributed by atoms with Crippen LogP contribution in [0.25, 0.3) is 10.8 Å². The van der Waals surface area contributed by atoms with E-state index in [2.05, 4.69) is 87.6 Å². The molecule has 3 aromatic rings. The molecule has 0 bridgehead atoms. The number of carbonyl (C=O) groups is 1. The molecule has 3 aromatic carbocycles. The molecule has 0 amide bonds. The van der Waals surface area contributed by atoms with Crippen LogP contribution in [0.2, 0.25) is 0 Å². The zero-order chi connectivity index (χ0) is 18.8. The van der Waals surface area contributed by atoms with Crippen LogP contribution in [0.4, 0.5) is 0 Å². The number of hydrogen-bond acceptors (Lipinski definition) is 2. The van der Waals surface area contributed by atoms with Gasteiger partial charge in [-0.15, -0.1) is 0 Å². The lowest BCUT2D eigenvalue weighted by Crippen LogP contribution is -2.41. The number of rotatable bonds is 4. The van der Waals surface area contributed by atoms with Crippen molar-refractivity contribution in [1.29, 1.82) is 0 Å². The van der Waals surface area contributed by atoms with E-state index in [0.717, 1.165) is 23.9 Å². The Kier molecular flexibility index (Phi) is 5.28. The van der Waals surface area contributed by atoms with Crippen molar-refractivity contribution in [3.8, 4) is 0 Å². The maximum Gasteiger partial charge on any atom is 0.307 e. The molecule has 0 radical (unpaired) electrons. The minimum absolute atomic E-state index is 0.0475. The van der Waals surface area contributed by atoms with E-state index in [4.69, 9.17) is 0 Å². The Labute approximate surface area is 167 Å². The van der Waals surface area contributed by atoms with Crippen molar-refractivity contribution in [3.05, 3.63) is 82.3 Å². The number of nitrogens with zero attached hydrogens (tertiary/aromatic N) is 1. The fraction of sp³-hybridized carbons (Fsp3) is 0.261. The van der Waals surface area contributed by atoms with Gasteiger partial charge in [-0.25, -0.2) is 0 Å². The monoisotopic (exact) mass is 423 g/mol. The van der Waals surface area contributed by atoms with Gasteiger partial charge in [0.1, 0.15) is 0 Å². The van der Waals surface area contributed by atoms with Gasteiger partial charge >= 0.3 is 5.97 Å². The minimum Gasteiger partial charge on any atom is -0.481 e. The number of carboxylic acids is 1. The van der Waals surface area contributed by atoms with E-state index < -0.39 is 5.97 Å². The van der Waals surface area contributed by atoms with Gasteiger partial charge < -0.3 is 5.11 Å². The standard InChI is InChI=1S/C23H22BrNO2/c24-19-12-10-17(11-13-19)22(25-14-4-7-18(15-25)23(26)27)21-9-3-6-16-5-1-2-8-20(16)21/h1-3,5-6,8-13,18,22H,4,7,14-15H2,(H,26,27). The van der Waals surface area contributed by atoms with Crippen molar-refractivity contribution in [1.82, 2.24) is 4.90 Å². The van der Waals surface area contributed by atoms with Gasteiger partial charge in [0.2, 0.25) is 0 Å². The Morgan fingerprint density at radius 1 is 1.04 bits per heavy atom. The maximum absolute atomic E-state index is 11.6. The van der Waals surface area contributed by atoms with Gasteiger partial charge in [-0.3, -0.25) is 9.69 Å². The van der Waals surface area contributed by atoms with E-state index >= 15 is 0 Å². The van der Waals surface area contributed by atoms with Gasteiger partial charge in [0.15, 0.2) is 0 Å². The first kappa shape index (κ1) is 18.2. The van der Waals surface area contributed by atoms with Crippen LogP contribution in [0.15, 0.2) is 71.2 Å². The predicted octanol–water partition coefficient (Wildman–Crippen LogP) is 5.49. The number of piperidine rings is 1. The second-order valence-electron chi connectivity index (χ2n) is 7.19. The SMILES string of the molecule is O=C(O)C1CCCN(C(c2ccc(Br)cc2)c2cccc3ccccc23)C1. The normalized spacial score (nSPS) is 19.1. The zero-order valence-corrected chi connectivity index (χ0v) is 16.6. The van der Waals surface area contributed by atoms with Crippen LogP contribution in [0.5, 0.6) is 0 Å². The van der Waals surface area contributed by atoms with Gasteiger partial charge in [-0.2, -0.15) is 0 Å². The number of benzene rings is 3. The Morgan fingerprint density at radius 2 is 1.78 bits per heavy atom. The van der Waals surface area contributed by atoms with E-state index in [0.29, 0.717) is 6.54 Å². The van der Waals surface area contributed by atoms with E-state index in [-0.39, 0.29) is 12.0 Å². The fourth-order valence-electron chi connectivity index (χ4n) is 4.16. The van der Waals surface area contributed by atoms with Crippen LogP contribution < -0.4 is 0 Å². The molecule has 138 valence electrons. The summed E-state index contributed by atoms with van der Waals surface area (Å²) in [5, 5.41) is 12.0. The largest absolute Gasteiger partial charge is 0.481 e. The molecule has 2 unspecified atom stereocenters. The van der Waals surface area contributed by atoms with Crippen LogP contribution in [-0.2, 0) is 4.79 Å². The van der Waals surface area contributed by atoms with Gasteiger partial charge in [0.25, 0.3) is 0 Å². The van der Waals surface area contributed by atoms with E-state index in [1.165, 1.54) is 21.9 Å². The molecule has 0 aromatic heterocycles. The topological polar surface area (TPSA) is 40.5 Å². The first-order valence-electron chi connectivity index (χ1n) is 9.33. The van der Waals surface area contributed by atoms with Crippen LogP contribution in [0, 0.1) is 5.92 Å². The van der Waals surface area contributed by atoms with Crippen molar-refractivity contribution in [2.45, 2.75) is 18.9 Å². The smallest absolute Gasteiger partial charge is 0.307 e. The highest BCUT2D eigenvalue weighted by Gasteiger charge is 2.31. The predicted molar refractivity (Wildman–Crippen MR) is 112 cm³/mol. The average molecular weight is 424 g/mol.